The van der Waals surface area contributed by atoms with Crippen molar-refractivity contribution in [2.45, 2.75) is 40.2 Å². The Bertz CT molecular complexity index is 838. The first-order chi connectivity index (χ1) is 14.9. The zero-order valence-corrected chi connectivity index (χ0v) is 19.6. The van der Waals surface area contributed by atoms with Crippen LogP contribution in [0.15, 0.2) is 48.8 Å². The second-order valence-electron chi connectivity index (χ2n) is 9.48. The number of benzene rings is 1. The lowest BCUT2D eigenvalue weighted by Gasteiger charge is -2.31. The second-order valence-corrected chi connectivity index (χ2v) is 9.48. The quantitative estimate of drug-likeness (QED) is 0.598. The molecule has 3 rings (SSSR count). The Labute approximate surface area is 187 Å². The first-order valence-corrected chi connectivity index (χ1v) is 11.4. The summed E-state index contributed by atoms with van der Waals surface area (Å²) in [5, 5.41) is 0. The lowest BCUT2D eigenvalue weighted by Crippen LogP contribution is -2.41. The Balaban J connectivity index is 1.84. The molecular formula is C26H37N3O2. The smallest absolute Gasteiger partial charge is 0.225 e. The molecule has 0 N–H and O–H groups in total. The molecule has 0 bridgehead atoms. The summed E-state index contributed by atoms with van der Waals surface area (Å²) in [6.07, 6.45) is 3.71. The minimum atomic E-state index is 0.0170. The van der Waals surface area contributed by atoms with Crippen molar-refractivity contribution in [3.8, 4) is 5.75 Å². The number of pyridine rings is 1. The average Bonchev–Trinajstić information content (AvgIpc) is 3.15. The van der Waals surface area contributed by atoms with Crippen LogP contribution in [0.1, 0.15) is 44.7 Å². The van der Waals surface area contributed by atoms with E-state index in [9.17, 15) is 4.79 Å². The van der Waals surface area contributed by atoms with Crippen molar-refractivity contribution in [1.82, 2.24) is 14.8 Å². The van der Waals surface area contributed by atoms with E-state index < -0.39 is 0 Å². The molecule has 2 aromatic rings. The molecule has 1 saturated heterocycles. The number of amides is 1. The third kappa shape index (κ3) is 6.30. The van der Waals surface area contributed by atoms with E-state index in [0.29, 0.717) is 17.8 Å². The molecule has 0 spiro atoms. The van der Waals surface area contributed by atoms with Crippen molar-refractivity contribution < 1.29 is 9.53 Å². The highest BCUT2D eigenvalue weighted by Crippen LogP contribution is 2.35. The van der Waals surface area contributed by atoms with Crippen LogP contribution in [0.4, 0.5) is 0 Å². The van der Waals surface area contributed by atoms with Gasteiger partial charge in [0.2, 0.25) is 5.91 Å². The summed E-state index contributed by atoms with van der Waals surface area (Å²) in [4.78, 5) is 21.7. The molecule has 1 amide bonds. The molecule has 1 aromatic carbocycles. The SMILES string of the molecule is COc1cccc([C@@H]2CN(Cc3ccncc3)C[C@H]2CN(CC(C)C)C(=O)C(C)C)c1. The third-order valence-corrected chi connectivity index (χ3v) is 6.04. The van der Waals surface area contributed by atoms with Gasteiger partial charge in [-0.25, -0.2) is 0 Å². The fourth-order valence-corrected chi connectivity index (χ4v) is 4.61. The standard InChI is InChI=1S/C26H37N3O2/c1-19(2)14-29(26(30)20(3)4)17-23-16-28(15-21-9-11-27-12-10-21)18-25(23)22-7-6-8-24(13-22)31-5/h6-13,19-20,23,25H,14-18H2,1-5H3/t23-,25-/m0/s1. The van der Waals surface area contributed by atoms with Crippen LogP contribution in [0.3, 0.4) is 0 Å². The van der Waals surface area contributed by atoms with Crippen molar-refractivity contribution in [1.29, 1.82) is 0 Å². The van der Waals surface area contributed by atoms with E-state index in [2.05, 4.69) is 59.0 Å². The highest BCUT2D eigenvalue weighted by molar-refractivity contribution is 5.78. The van der Waals surface area contributed by atoms with Gasteiger partial charge in [0.05, 0.1) is 7.11 Å². The largest absolute Gasteiger partial charge is 0.497 e. The molecule has 5 heteroatoms. The lowest BCUT2D eigenvalue weighted by atomic mass is 9.88. The summed E-state index contributed by atoms with van der Waals surface area (Å²) in [6, 6.07) is 12.6. The monoisotopic (exact) mass is 423 g/mol. The summed E-state index contributed by atoms with van der Waals surface area (Å²) < 4.78 is 5.49. The summed E-state index contributed by atoms with van der Waals surface area (Å²) in [5.41, 5.74) is 2.57. The molecule has 2 heterocycles. The van der Waals surface area contributed by atoms with Gasteiger partial charge in [0.25, 0.3) is 0 Å². The maximum absolute atomic E-state index is 13.0. The van der Waals surface area contributed by atoms with Crippen molar-refractivity contribution in [2.75, 3.05) is 33.3 Å². The maximum Gasteiger partial charge on any atom is 0.225 e. The fraction of sp³-hybridized carbons (Fsp3) is 0.538. The van der Waals surface area contributed by atoms with Crippen LogP contribution >= 0.6 is 0 Å². The van der Waals surface area contributed by atoms with Crippen LogP contribution in [0.25, 0.3) is 0 Å². The molecule has 1 aromatic heterocycles. The molecular weight excluding hydrogens is 386 g/mol. The van der Waals surface area contributed by atoms with E-state index in [1.54, 1.807) is 7.11 Å². The first-order valence-electron chi connectivity index (χ1n) is 11.4. The molecule has 1 fully saturated rings. The Kier molecular flexibility index (Phi) is 8.08. The molecule has 2 atom stereocenters. The van der Waals surface area contributed by atoms with Crippen molar-refractivity contribution in [2.24, 2.45) is 17.8 Å². The van der Waals surface area contributed by atoms with Crippen molar-refractivity contribution in [3.05, 3.63) is 59.9 Å². The summed E-state index contributed by atoms with van der Waals surface area (Å²) in [6.45, 7) is 12.8. The van der Waals surface area contributed by atoms with Crippen molar-refractivity contribution >= 4 is 5.91 Å². The Hall–Kier alpha value is -2.40. The highest BCUT2D eigenvalue weighted by Gasteiger charge is 2.36. The number of ether oxygens (including phenoxy) is 1. The van der Waals surface area contributed by atoms with Crippen molar-refractivity contribution in [3.63, 3.8) is 0 Å². The van der Waals surface area contributed by atoms with Gasteiger partial charge in [0.15, 0.2) is 0 Å². The second kappa shape index (κ2) is 10.8. The predicted octanol–water partition coefficient (Wildman–Crippen LogP) is 4.45. The van der Waals surface area contributed by atoms with Gasteiger partial charge in [0, 0.05) is 57.0 Å². The number of rotatable bonds is 9. The van der Waals surface area contributed by atoms with Crippen LogP contribution < -0.4 is 4.74 Å². The van der Waals surface area contributed by atoms with Gasteiger partial charge in [-0.1, -0.05) is 39.8 Å². The lowest BCUT2D eigenvalue weighted by molar-refractivity contribution is -0.135. The number of hydrogen-bond acceptors (Lipinski definition) is 4. The van der Waals surface area contributed by atoms with E-state index in [4.69, 9.17) is 4.74 Å². The maximum atomic E-state index is 13.0. The molecule has 0 radical (unpaired) electrons. The van der Waals surface area contributed by atoms with Gasteiger partial charge in [-0.15, -0.1) is 0 Å². The Morgan fingerprint density at radius 2 is 1.90 bits per heavy atom. The number of nitrogens with zero attached hydrogens (tertiary/aromatic N) is 3. The molecule has 1 aliphatic heterocycles. The van der Waals surface area contributed by atoms with Crippen LogP contribution in [-0.2, 0) is 11.3 Å². The van der Waals surface area contributed by atoms with E-state index in [-0.39, 0.29) is 11.8 Å². The summed E-state index contributed by atoms with van der Waals surface area (Å²) >= 11 is 0. The zero-order chi connectivity index (χ0) is 22.4. The minimum Gasteiger partial charge on any atom is -0.497 e. The molecule has 1 aliphatic rings. The molecule has 5 nitrogen and oxygen atoms in total. The molecule has 0 aliphatic carbocycles. The third-order valence-electron chi connectivity index (χ3n) is 6.04. The van der Waals surface area contributed by atoms with Gasteiger partial charge >= 0.3 is 0 Å². The fourth-order valence-electron chi connectivity index (χ4n) is 4.61. The zero-order valence-electron chi connectivity index (χ0n) is 19.6. The molecule has 31 heavy (non-hydrogen) atoms. The summed E-state index contributed by atoms with van der Waals surface area (Å²) in [5.74, 6) is 2.37. The highest BCUT2D eigenvalue weighted by atomic mass is 16.5. The normalized spacial score (nSPS) is 19.2. The minimum absolute atomic E-state index is 0.0170. The van der Waals surface area contributed by atoms with Crippen LogP contribution in [0.5, 0.6) is 5.75 Å². The summed E-state index contributed by atoms with van der Waals surface area (Å²) in [7, 11) is 1.71. The van der Waals surface area contributed by atoms with Crippen LogP contribution in [-0.4, -0.2) is 54.0 Å². The first kappa shape index (κ1) is 23.3. The Morgan fingerprint density at radius 3 is 2.55 bits per heavy atom. The molecule has 168 valence electrons. The van der Waals surface area contributed by atoms with Gasteiger partial charge in [0.1, 0.15) is 5.75 Å². The topological polar surface area (TPSA) is 45.7 Å². The van der Waals surface area contributed by atoms with Gasteiger partial charge in [-0.3, -0.25) is 14.7 Å². The van der Waals surface area contributed by atoms with Gasteiger partial charge in [-0.2, -0.15) is 0 Å². The van der Waals surface area contributed by atoms with Gasteiger partial charge in [-0.05, 0) is 47.2 Å². The van der Waals surface area contributed by atoms with E-state index in [1.807, 2.05) is 32.3 Å². The van der Waals surface area contributed by atoms with E-state index in [1.165, 1.54) is 11.1 Å². The number of methoxy groups -OCH3 is 1. The number of likely N-dealkylation sites (tertiary alicyclic amines) is 1. The number of hydrogen-bond donors (Lipinski definition) is 0. The van der Waals surface area contributed by atoms with Crippen LogP contribution in [0, 0.1) is 17.8 Å². The van der Waals surface area contributed by atoms with Gasteiger partial charge < -0.3 is 9.64 Å². The van der Waals surface area contributed by atoms with E-state index in [0.717, 1.165) is 38.5 Å². The number of carbonyl (C=O) groups is 1. The van der Waals surface area contributed by atoms with E-state index >= 15 is 0 Å². The molecule has 0 unspecified atom stereocenters. The molecule has 0 saturated carbocycles. The Morgan fingerprint density at radius 1 is 1.16 bits per heavy atom. The number of carbonyl (C=O) groups excluding carboxylic acids is 1. The predicted molar refractivity (Wildman–Crippen MR) is 125 cm³/mol. The number of aromatic nitrogens is 1. The van der Waals surface area contributed by atoms with Crippen LogP contribution in [0.2, 0.25) is 0 Å². The average molecular weight is 424 g/mol.